The van der Waals surface area contributed by atoms with Crippen LogP contribution in [0.4, 0.5) is 13.2 Å². The Morgan fingerprint density at radius 1 is 1.21 bits per heavy atom. The fourth-order valence-electron chi connectivity index (χ4n) is 3.13. The predicted molar refractivity (Wildman–Crippen MR) is 116 cm³/mol. The number of benzene rings is 1. The number of nitrogens with zero attached hydrogens (tertiary/aromatic N) is 2. The van der Waals surface area contributed by atoms with Gasteiger partial charge < -0.3 is 20.3 Å². The Morgan fingerprint density at radius 2 is 1.89 bits per heavy atom. The summed E-state index contributed by atoms with van der Waals surface area (Å²) in [4.78, 5) is 6.60. The molecule has 9 heteroatoms. The quantitative estimate of drug-likeness (QED) is 0.333. The van der Waals surface area contributed by atoms with E-state index in [-0.39, 0.29) is 30.6 Å². The Morgan fingerprint density at radius 3 is 2.50 bits per heavy atom. The van der Waals surface area contributed by atoms with Crippen molar-refractivity contribution in [3.05, 3.63) is 35.4 Å². The summed E-state index contributed by atoms with van der Waals surface area (Å²) in [6, 6.07) is 7.31. The van der Waals surface area contributed by atoms with Gasteiger partial charge in [0.25, 0.3) is 0 Å². The molecule has 0 bridgehead atoms. The molecular formula is C19H30F3IN4O. The molecular weight excluding hydrogens is 484 g/mol. The van der Waals surface area contributed by atoms with Crippen LogP contribution in [0.5, 0.6) is 0 Å². The Balaban J connectivity index is 0.00000392. The minimum atomic E-state index is -4.29. The maximum Gasteiger partial charge on any atom is 0.411 e. The van der Waals surface area contributed by atoms with Crippen molar-refractivity contribution in [3.63, 3.8) is 0 Å². The van der Waals surface area contributed by atoms with Crippen molar-refractivity contribution in [2.45, 2.75) is 32.2 Å². The van der Waals surface area contributed by atoms with Gasteiger partial charge in [0, 0.05) is 26.7 Å². The summed E-state index contributed by atoms with van der Waals surface area (Å²) in [5.41, 5.74) is 1.74. The standard InChI is InChI=1S/C19H29F3N4O.HI/c1-23-18(25-11-17-4-3-9-26(2)12-17)24-10-15-5-7-16(8-6-15)13-27-14-19(20,21)22;/h5-8,17H,3-4,9-14H2,1-2H3,(H2,23,24,25);1H. The van der Waals surface area contributed by atoms with Gasteiger partial charge >= 0.3 is 6.18 Å². The number of likely N-dealkylation sites (tertiary alicyclic amines) is 1. The Hall–Kier alpha value is -1.07. The lowest BCUT2D eigenvalue weighted by molar-refractivity contribution is -0.176. The van der Waals surface area contributed by atoms with E-state index in [1.165, 1.54) is 19.4 Å². The fraction of sp³-hybridized carbons (Fsp3) is 0.632. The van der Waals surface area contributed by atoms with E-state index in [1.807, 2.05) is 12.1 Å². The van der Waals surface area contributed by atoms with E-state index in [9.17, 15) is 13.2 Å². The number of nitrogens with one attached hydrogen (secondary N) is 2. The third-order valence-corrected chi connectivity index (χ3v) is 4.52. The molecule has 1 aromatic rings. The molecule has 0 amide bonds. The molecule has 0 aromatic heterocycles. The number of hydrogen-bond donors (Lipinski definition) is 2. The van der Waals surface area contributed by atoms with Crippen LogP contribution < -0.4 is 10.6 Å². The minimum absolute atomic E-state index is 0. The summed E-state index contributed by atoms with van der Waals surface area (Å²) < 4.78 is 40.9. The highest BCUT2D eigenvalue weighted by atomic mass is 127. The Labute approximate surface area is 182 Å². The lowest BCUT2D eigenvalue weighted by Gasteiger charge is -2.30. The second-order valence-corrected chi connectivity index (χ2v) is 7.00. The van der Waals surface area contributed by atoms with E-state index >= 15 is 0 Å². The van der Waals surface area contributed by atoms with Gasteiger partial charge in [0.1, 0.15) is 6.61 Å². The van der Waals surface area contributed by atoms with Crippen LogP contribution in [-0.4, -0.2) is 57.4 Å². The molecule has 1 aliphatic heterocycles. The predicted octanol–water partition coefficient (Wildman–Crippen LogP) is 3.39. The van der Waals surface area contributed by atoms with Crippen molar-refractivity contribution in [1.82, 2.24) is 15.5 Å². The third kappa shape index (κ3) is 9.92. The molecule has 5 nitrogen and oxygen atoms in total. The Bertz CT molecular complexity index is 596. The smallest absolute Gasteiger partial charge is 0.367 e. The summed E-state index contributed by atoms with van der Waals surface area (Å²) in [6.45, 7) is 2.47. The average Bonchev–Trinajstić information content (AvgIpc) is 2.62. The summed E-state index contributed by atoms with van der Waals surface area (Å²) >= 11 is 0. The lowest BCUT2D eigenvalue weighted by atomic mass is 9.99. The molecule has 1 aliphatic rings. The van der Waals surface area contributed by atoms with Crippen LogP contribution in [0.1, 0.15) is 24.0 Å². The zero-order valence-corrected chi connectivity index (χ0v) is 18.7. The first-order valence-corrected chi connectivity index (χ1v) is 9.21. The molecule has 1 saturated heterocycles. The highest BCUT2D eigenvalue weighted by molar-refractivity contribution is 14.0. The first kappa shape index (κ1) is 25.0. The largest absolute Gasteiger partial charge is 0.411 e. The van der Waals surface area contributed by atoms with Gasteiger partial charge in [0.15, 0.2) is 5.96 Å². The molecule has 0 radical (unpaired) electrons. The van der Waals surface area contributed by atoms with E-state index in [4.69, 9.17) is 0 Å². The van der Waals surface area contributed by atoms with Gasteiger partial charge in [-0.3, -0.25) is 4.99 Å². The minimum Gasteiger partial charge on any atom is -0.367 e. The van der Waals surface area contributed by atoms with Crippen molar-refractivity contribution in [1.29, 1.82) is 0 Å². The van der Waals surface area contributed by atoms with Gasteiger partial charge in [-0.2, -0.15) is 13.2 Å². The molecule has 0 aliphatic carbocycles. The van der Waals surface area contributed by atoms with Crippen molar-refractivity contribution in [2.75, 3.05) is 40.3 Å². The van der Waals surface area contributed by atoms with E-state index < -0.39 is 12.8 Å². The number of piperidine rings is 1. The van der Waals surface area contributed by atoms with Crippen LogP contribution in [0.15, 0.2) is 29.3 Å². The second-order valence-electron chi connectivity index (χ2n) is 7.00. The molecule has 1 aromatic carbocycles. The van der Waals surface area contributed by atoms with Crippen molar-refractivity contribution in [2.24, 2.45) is 10.9 Å². The lowest BCUT2D eigenvalue weighted by Crippen LogP contribution is -2.43. The third-order valence-electron chi connectivity index (χ3n) is 4.52. The molecule has 2 rings (SSSR count). The first-order chi connectivity index (χ1) is 12.9. The molecule has 28 heavy (non-hydrogen) atoms. The van der Waals surface area contributed by atoms with Crippen LogP contribution in [0, 0.1) is 5.92 Å². The van der Waals surface area contributed by atoms with Crippen LogP contribution in [-0.2, 0) is 17.9 Å². The molecule has 1 unspecified atom stereocenters. The van der Waals surface area contributed by atoms with Gasteiger partial charge in [-0.1, -0.05) is 24.3 Å². The van der Waals surface area contributed by atoms with Gasteiger partial charge in [0.05, 0.1) is 6.61 Å². The molecule has 1 fully saturated rings. The van der Waals surface area contributed by atoms with E-state index in [0.29, 0.717) is 18.0 Å². The maximum absolute atomic E-state index is 12.1. The fourth-order valence-corrected chi connectivity index (χ4v) is 3.13. The van der Waals surface area contributed by atoms with Gasteiger partial charge in [-0.15, -0.1) is 24.0 Å². The monoisotopic (exact) mass is 514 g/mol. The van der Waals surface area contributed by atoms with Crippen LogP contribution in [0.3, 0.4) is 0 Å². The number of hydrogen-bond acceptors (Lipinski definition) is 3. The zero-order valence-electron chi connectivity index (χ0n) is 16.4. The number of aliphatic imine (C=N–C) groups is 1. The van der Waals surface area contributed by atoms with E-state index in [1.54, 1.807) is 19.2 Å². The molecule has 2 N–H and O–H groups in total. The maximum atomic E-state index is 12.1. The topological polar surface area (TPSA) is 48.9 Å². The van der Waals surface area contributed by atoms with Crippen molar-refractivity contribution < 1.29 is 17.9 Å². The summed E-state index contributed by atoms with van der Waals surface area (Å²) in [5, 5.41) is 6.63. The molecule has 0 spiro atoms. The number of rotatable bonds is 7. The SMILES string of the molecule is CN=C(NCc1ccc(COCC(F)(F)F)cc1)NCC1CCCN(C)C1.I. The van der Waals surface area contributed by atoms with E-state index in [0.717, 1.165) is 24.6 Å². The number of alkyl halides is 3. The average molecular weight is 514 g/mol. The summed E-state index contributed by atoms with van der Waals surface area (Å²) in [5.74, 6) is 1.37. The number of halogens is 4. The van der Waals surface area contributed by atoms with Crippen LogP contribution in [0.25, 0.3) is 0 Å². The molecule has 0 saturated carbocycles. The number of ether oxygens (including phenoxy) is 1. The molecule has 1 heterocycles. The summed E-state index contributed by atoms with van der Waals surface area (Å²) in [6.07, 6.45) is -1.83. The first-order valence-electron chi connectivity index (χ1n) is 9.21. The van der Waals surface area contributed by atoms with E-state index in [2.05, 4.69) is 32.3 Å². The second kappa shape index (κ2) is 12.5. The number of guanidine groups is 1. The summed E-state index contributed by atoms with van der Waals surface area (Å²) in [7, 11) is 3.89. The highest BCUT2D eigenvalue weighted by Crippen LogP contribution is 2.16. The molecule has 160 valence electrons. The van der Waals surface area contributed by atoms with Gasteiger partial charge in [-0.25, -0.2) is 0 Å². The van der Waals surface area contributed by atoms with Crippen molar-refractivity contribution in [3.8, 4) is 0 Å². The van der Waals surface area contributed by atoms with Crippen LogP contribution >= 0.6 is 24.0 Å². The highest BCUT2D eigenvalue weighted by Gasteiger charge is 2.27. The van der Waals surface area contributed by atoms with Crippen LogP contribution in [0.2, 0.25) is 0 Å². The molecule has 1 atom stereocenters. The van der Waals surface area contributed by atoms with Crippen molar-refractivity contribution >= 4 is 29.9 Å². The normalized spacial score (nSPS) is 18.5. The Kier molecular flexibility index (Phi) is 11.1. The zero-order chi connectivity index (χ0) is 19.7. The van der Waals surface area contributed by atoms with Gasteiger partial charge in [-0.05, 0) is 43.5 Å². The van der Waals surface area contributed by atoms with Gasteiger partial charge in [0.2, 0.25) is 0 Å².